The molecule has 2 rings (SSSR count). The topological polar surface area (TPSA) is 213 Å². The van der Waals surface area contributed by atoms with Gasteiger partial charge < -0.3 is 42.6 Å². The number of benzene rings is 1. The van der Waals surface area contributed by atoms with Crippen molar-refractivity contribution in [3.05, 3.63) is 36.0 Å². The van der Waals surface area contributed by atoms with Crippen LogP contribution in [0, 0.1) is 5.92 Å². The van der Waals surface area contributed by atoms with E-state index in [1.165, 1.54) is 0 Å². The molecule has 0 bridgehead atoms. The van der Waals surface area contributed by atoms with Crippen molar-refractivity contribution in [3.8, 4) is 0 Å². The second kappa shape index (κ2) is 15.1. The average Bonchev–Trinajstić information content (AvgIpc) is 3.32. The number of carboxylic acids is 1. The van der Waals surface area contributed by atoms with Gasteiger partial charge in [-0.15, -0.1) is 0 Å². The Hall–Kier alpha value is -3.48. The lowest BCUT2D eigenvalue weighted by atomic mass is 9.96. The fourth-order valence-electron chi connectivity index (χ4n) is 4.06. The molecule has 0 radical (unpaired) electrons. The highest BCUT2D eigenvalue weighted by Gasteiger charge is 2.33. The van der Waals surface area contributed by atoms with E-state index in [9.17, 15) is 24.3 Å². The van der Waals surface area contributed by atoms with E-state index in [2.05, 4.69) is 20.9 Å². The maximum absolute atomic E-state index is 13.3. The highest BCUT2D eigenvalue weighted by molar-refractivity contribution is 5.94. The number of unbranched alkanes of at least 4 members (excludes halogenated alkanes) is 1. The molecule has 1 aromatic heterocycles. The van der Waals surface area contributed by atoms with Gasteiger partial charge in [0.15, 0.2) is 0 Å². The van der Waals surface area contributed by atoms with Crippen molar-refractivity contribution < 1.29 is 29.4 Å². The van der Waals surface area contributed by atoms with E-state index in [1.54, 1.807) is 13.1 Å². The largest absolute Gasteiger partial charge is 0.480 e. The number of carbonyl (C=O) groups excluding carboxylic acids is 3. The number of aliphatic hydroxyl groups excluding tert-OH is 1. The zero-order valence-corrected chi connectivity index (χ0v) is 21.9. The van der Waals surface area contributed by atoms with Gasteiger partial charge >= 0.3 is 5.97 Å². The number of rotatable bonds is 16. The number of carboxylic acid groups (broad SMARTS) is 1. The quantitative estimate of drug-likeness (QED) is 0.135. The minimum absolute atomic E-state index is 0.0447. The van der Waals surface area contributed by atoms with E-state index in [1.807, 2.05) is 31.2 Å². The Morgan fingerprint density at radius 1 is 1.00 bits per heavy atom. The van der Waals surface area contributed by atoms with Crippen molar-refractivity contribution in [3.63, 3.8) is 0 Å². The van der Waals surface area contributed by atoms with Gasteiger partial charge in [-0.05, 0) is 43.4 Å². The molecule has 12 nitrogen and oxygen atoms in total. The average molecular weight is 533 g/mol. The summed E-state index contributed by atoms with van der Waals surface area (Å²) in [6.07, 6.45) is 3.69. The number of hydrogen-bond acceptors (Lipinski definition) is 7. The predicted octanol–water partition coefficient (Wildman–Crippen LogP) is -0.256. The van der Waals surface area contributed by atoms with Crippen LogP contribution in [0.5, 0.6) is 0 Å². The molecule has 5 unspecified atom stereocenters. The van der Waals surface area contributed by atoms with Crippen LogP contribution in [0.2, 0.25) is 0 Å². The first-order valence-electron chi connectivity index (χ1n) is 12.9. The Labute approximate surface area is 221 Å². The number of aromatic nitrogens is 1. The Bertz CT molecular complexity index is 1090. The zero-order chi connectivity index (χ0) is 28.2. The van der Waals surface area contributed by atoms with Gasteiger partial charge in [0.25, 0.3) is 0 Å². The summed E-state index contributed by atoms with van der Waals surface area (Å²) in [5.74, 6) is -3.48. The van der Waals surface area contributed by atoms with Gasteiger partial charge in [-0.2, -0.15) is 0 Å². The highest BCUT2D eigenvalue weighted by atomic mass is 16.4. The molecule has 38 heavy (non-hydrogen) atoms. The summed E-state index contributed by atoms with van der Waals surface area (Å²) in [7, 11) is 0. The fourth-order valence-corrected chi connectivity index (χ4v) is 4.06. The maximum Gasteiger partial charge on any atom is 0.326 e. The van der Waals surface area contributed by atoms with Crippen LogP contribution in [0.1, 0.15) is 45.1 Å². The Kier molecular flexibility index (Phi) is 12.2. The number of para-hydroxylation sites is 1. The van der Waals surface area contributed by atoms with Crippen molar-refractivity contribution >= 4 is 34.6 Å². The molecule has 0 fully saturated rings. The molecule has 0 spiro atoms. The van der Waals surface area contributed by atoms with Gasteiger partial charge in [-0.1, -0.05) is 38.5 Å². The van der Waals surface area contributed by atoms with E-state index in [-0.39, 0.29) is 18.8 Å². The second-order valence-electron chi connectivity index (χ2n) is 9.47. The standard InChI is InChI=1S/C26H40N6O6/c1-3-15(2)22(32-24(35)20(10-6-7-11-27)30-23(34)18(28)14-33)25(36)31-21(26(37)38)12-16-13-29-19-9-5-4-8-17(16)19/h4-5,8-9,13,15,18,20-22,29,33H,3,6-7,10-12,14,27-28H2,1-2H3,(H,30,34)(H,31,36)(H,32,35)(H,37,38). The van der Waals surface area contributed by atoms with Gasteiger partial charge in [-0.3, -0.25) is 14.4 Å². The molecule has 0 saturated carbocycles. The summed E-state index contributed by atoms with van der Waals surface area (Å²) < 4.78 is 0. The van der Waals surface area contributed by atoms with E-state index in [0.717, 1.165) is 16.5 Å². The number of nitrogens with two attached hydrogens (primary N) is 2. The SMILES string of the molecule is CCC(C)C(NC(=O)C(CCCCN)NC(=O)C(N)CO)C(=O)NC(Cc1c[nH]c2ccccc12)C(=O)O. The molecular formula is C26H40N6O6. The number of aromatic amines is 1. The molecule has 0 aliphatic carbocycles. The Morgan fingerprint density at radius 2 is 1.68 bits per heavy atom. The molecule has 2 aromatic rings. The number of amides is 3. The minimum atomic E-state index is -1.23. The Morgan fingerprint density at radius 3 is 2.32 bits per heavy atom. The summed E-state index contributed by atoms with van der Waals surface area (Å²) in [6, 6.07) is 2.97. The highest BCUT2D eigenvalue weighted by Crippen LogP contribution is 2.19. The number of nitrogens with one attached hydrogen (secondary N) is 4. The van der Waals surface area contributed by atoms with Gasteiger partial charge in [0, 0.05) is 23.5 Å². The van der Waals surface area contributed by atoms with Crippen LogP contribution in [0.3, 0.4) is 0 Å². The number of hydrogen-bond donors (Lipinski definition) is 8. The molecule has 1 heterocycles. The molecule has 210 valence electrons. The molecule has 0 aliphatic rings. The first-order valence-corrected chi connectivity index (χ1v) is 12.9. The molecule has 1 aromatic carbocycles. The summed E-state index contributed by atoms with van der Waals surface area (Å²) in [6.45, 7) is 3.43. The van der Waals surface area contributed by atoms with Crippen molar-refractivity contribution in [1.82, 2.24) is 20.9 Å². The van der Waals surface area contributed by atoms with E-state index in [0.29, 0.717) is 25.8 Å². The van der Waals surface area contributed by atoms with Gasteiger partial charge in [0.2, 0.25) is 17.7 Å². The van der Waals surface area contributed by atoms with Crippen LogP contribution in [-0.2, 0) is 25.6 Å². The van der Waals surface area contributed by atoms with Crippen molar-refractivity contribution in [2.24, 2.45) is 17.4 Å². The van der Waals surface area contributed by atoms with Crippen LogP contribution >= 0.6 is 0 Å². The van der Waals surface area contributed by atoms with Crippen LogP contribution in [0.15, 0.2) is 30.5 Å². The lowest BCUT2D eigenvalue weighted by Crippen LogP contribution is -2.59. The lowest BCUT2D eigenvalue weighted by molar-refractivity contribution is -0.142. The predicted molar refractivity (Wildman–Crippen MR) is 143 cm³/mol. The second-order valence-corrected chi connectivity index (χ2v) is 9.47. The van der Waals surface area contributed by atoms with Crippen molar-refractivity contribution in [2.75, 3.05) is 13.2 Å². The molecular weight excluding hydrogens is 492 g/mol. The van der Waals surface area contributed by atoms with Crippen molar-refractivity contribution in [1.29, 1.82) is 0 Å². The van der Waals surface area contributed by atoms with E-state index >= 15 is 0 Å². The number of aliphatic hydroxyl groups is 1. The number of fused-ring (bicyclic) bond motifs is 1. The fraction of sp³-hybridized carbons (Fsp3) is 0.538. The number of carbonyl (C=O) groups is 4. The van der Waals surface area contributed by atoms with Crippen LogP contribution in [-0.4, -0.2) is 76.2 Å². The third kappa shape index (κ3) is 8.54. The first-order chi connectivity index (χ1) is 18.1. The lowest BCUT2D eigenvalue weighted by Gasteiger charge is -2.28. The molecule has 0 saturated heterocycles. The normalized spacial score (nSPS) is 15.2. The first kappa shape index (κ1) is 30.7. The monoisotopic (exact) mass is 532 g/mol. The third-order valence-corrected chi connectivity index (χ3v) is 6.62. The molecule has 0 aliphatic heterocycles. The number of aliphatic carboxylic acids is 1. The van der Waals surface area contributed by atoms with E-state index in [4.69, 9.17) is 16.6 Å². The zero-order valence-electron chi connectivity index (χ0n) is 21.9. The van der Waals surface area contributed by atoms with Gasteiger partial charge in [0.05, 0.1) is 6.61 Å². The Balaban J connectivity index is 2.18. The van der Waals surface area contributed by atoms with E-state index < -0.39 is 54.5 Å². The molecule has 5 atom stereocenters. The van der Waals surface area contributed by atoms with Crippen LogP contribution in [0.25, 0.3) is 10.9 Å². The summed E-state index contributed by atoms with van der Waals surface area (Å²) >= 11 is 0. The minimum Gasteiger partial charge on any atom is -0.480 e. The number of H-pyrrole nitrogens is 1. The summed E-state index contributed by atoms with van der Waals surface area (Å²) in [5.41, 5.74) is 12.7. The van der Waals surface area contributed by atoms with Crippen LogP contribution < -0.4 is 27.4 Å². The smallest absolute Gasteiger partial charge is 0.326 e. The molecule has 12 heteroatoms. The van der Waals surface area contributed by atoms with Gasteiger partial charge in [0.1, 0.15) is 24.2 Å². The summed E-state index contributed by atoms with van der Waals surface area (Å²) in [5, 5.41) is 27.7. The third-order valence-electron chi connectivity index (χ3n) is 6.62. The summed E-state index contributed by atoms with van der Waals surface area (Å²) in [4.78, 5) is 53.9. The maximum atomic E-state index is 13.3. The molecule has 10 N–H and O–H groups in total. The molecule has 3 amide bonds. The van der Waals surface area contributed by atoms with Gasteiger partial charge in [-0.25, -0.2) is 4.79 Å². The van der Waals surface area contributed by atoms with Crippen LogP contribution in [0.4, 0.5) is 0 Å². The van der Waals surface area contributed by atoms with Crippen molar-refractivity contribution in [2.45, 2.75) is 70.1 Å².